The van der Waals surface area contributed by atoms with Crippen molar-refractivity contribution >= 4 is 46.4 Å². The minimum Gasteiger partial charge on any atom is -0.481 e. The van der Waals surface area contributed by atoms with Crippen LogP contribution in [0.25, 0.3) is 17.2 Å². The lowest BCUT2D eigenvalue weighted by Crippen LogP contribution is -1.96. The molecule has 30 heavy (non-hydrogen) atoms. The van der Waals surface area contributed by atoms with Crippen LogP contribution in [-0.2, 0) is 4.79 Å². The number of halogens is 2. The Kier molecular flexibility index (Phi) is 5.67. The Morgan fingerprint density at radius 1 is 0.900 bits per heavy atom. The standard InChI is InChI=1S/C25H18Cl2O3/c1-15-22(21-11-6-18(27)13-24(21)23(15)14-25(28)29)12-16-2-7-19(8-3-16)30-20-9-4-17(26)5-10-20/h2-13H,14H2,1H3,(H,28,29)/b22-12-. The first-order chi connectivity index (χ1) is 14.4. The van der Waals surface area contributed by atoms with Crippen molar-refractivity contribution < 1.29 is 14.6 Å². The highest BCUT2D eigenvalue weighted by Crippen LogP contribution is 2.44. The minimum atomic E-state index is -0.861. The third-order valence-electron chi connectivity index (χ3n) is 5.02. The van der Waals surface area contributed by atoms with Crippen LogP contribution in [0.15, 0.2) is 72.3 Å². The molecule has 3 nitrogen and oxygen atoms in total. The summed E-state index contributed by atoms with van der Waals surface area (Å²) in [5.41, 5.74) is 5.63. The van der Waals surface area contributed by atoms with Gasteiger partial charge in [0, 0.05) is 10.0 Å². The molecule has 0 unspecified atom stereocenters. The molecule has 0 aromatic heterocycles. The smallest absolute Gasteiger partial charge is 0.307 e. The van der Waals surface area contributed by atoms with Crippen LogP contribution in [0.5, 0.6) is 11.5 Å². The molecule has 1 N–H and O–H groups in total. The highest BCUT2D eigenvalue weighted by molar-refractivity contribution is 6.31. The molecule has 5 heteroatoms. The number of ether oxygens (including phenoxy) is 1. The number of fused-ring (bicyclic) bond motifs is 1. The predicted molar refractivity (Wildman–Crippen MR) is 122 cm³/mol. The molecule has 3 aromatic rings. The zero-order valence-corrected chi connectivity index (χ0v) is 17.7. The molecule has 150 valence electrons. The Morgan fingerprint density at radius 3 is 2.13 bits per heavy atom. The van der Waals surface area contributed by atoms with E-state index in [1.54, 1.807) is 12.1 Å². The highest BCUT2D eigenvalue weighted by Gasteiger charge is 2.25. The molecule has 4 rings (SSSR count). The van der Waals surface area contributed by atoms with Crippen LogP contribution in [0.2, 0.25) is 10.0 Å². The van der Waals surface area contributed by atoms with E-state index in [0.717, 1.165) is 39.2 Å². The van der Waals surface area contributed by atoms with Gasteiger partial charge in [0.1, 0.15) is 11.5 Å². The van der Waals surface area contributed by atoms with E-state index in [1.165, 1.54) is 0 Å². The number of carboxylic acid groups (broad SMARTS) is 1. The number of carbonyl (C=O) groups is 1. The number of rotatable bonds is 5. The van der Waals surface area contributed by atoms with Crippen LogP contribution in [0.3, 0.4) is 0 Å². The van der Waals surface area contributed by atoms with Crippen molar-refractivity contribution in [2.45, 2.75) is 13.3 Å². The maximum atomic E-state index is 11.4. The van der Waals surface area contributed by atoms with E-state index in [2.05, 4.69) is 6.08 Å². The number of allylic oxidation sites excluding steroid dienone is 2. The van der Waals surface area contributed by atoms with Gasteiger partial charge in [-0.25, -0.2) is 0 Å². The Labute approximate surface area is 184 Å². The lowest BCUT2D eigenvalue weighted by molar-refractivity contribution is -0.135. The molecule has 0 amide bonds. The van der Waals surface area contributed by atoms with Crippen LogP contribution in [0.4, 0.5) is 0 Å². The van der Waals surface area contributed by atoms with Gasteiger partial charge in [-0.2, -0.15) is 0 Å². The van der Waals surface area contributed by atoms with E-state index in [-0.39, 0.29) is 6.42 Å². The van der Waals surface area contributed by atoms with Gasteiger partial charge >= 0.3 is 5.97 Å². The molecule has 0 saturated heterocycles. The average molecular weight is 437 g/mol. The van der Waals surface area contributed by atoms with E-state index < -0.39 is 5.97 Å². The van der Waals surface area contributed by atoms with Crippen molar-refractivity contribution in [1.82, 2.24) is 0 Å². The summed E-state index contributed by atoms with van der Waals surface area (Å²) >= 11 is 12.1. The van der Waals surface area contributed by atoms with Gasteiger partial charge in [-0.3, -0.25) is 4.79 Å². The molecule has 0 spiro atoms. The lowest BCUT2D eigenvalue weighted by atomic mass is 10.0. The zero-order chi connectivity index (χ0) is 21.3. The van der Waals surface area contributed by atoms with Crippen molar-refractivity contribution in [1.29, 1.82) is 0 Å². The Bertz CT molecular complexity index is 1170. The quantitative estimate of drug-likeness (QED) is 0.447. The summed E-state index contributed by atoms with van der Waals surface area (Å²) in [6, 6.07) is 20.5. The van der Waals surface area contributed by atoms with Crippen molar-refractivity contribution in [3.8, 4) is 11.5 Å². The van der Waals surface area contributed by atoms with Gasteiger partial charge in [0.15, 0.2) is 0 Å². The fourth-order valence-corrected chi connectivity index (χ4v) is 3.87. The van der Waals surface area contributed by atoms with Gasteiger partial charge < -0.3 is 9.84 Å². The molecule has 0 atom stereocenters. The van der Waals surface area contributed by atoms with Crippen LogP contribution in [-0.4, -0.2) is 11.1 Å². The summed E-state index contributed by atoms with van der Waals surface area (Å²) in [7, 11) is 0. The van der Waals surface area contributed by atoms with E-state index in [9.17, 15) is 9.90 Å². The summed E-state index contributed by atoms with van der Waals surface area (Å²) in [5, 5.41) is 10.6. The first kappa shape index (κ1) is 20.3. The molecule has 0 fully saturated rings. The SMILES string of the molecule is CC1=C(CC(=O)O)c2cc(Cl)ccc2/C1=C\c1ccc(Oc2ccc(Cl)cc2)cc1. The third kappa shape index (κ3) is 4.28. The number of carboxylic acids is 1. The maximum Gasteiger partial charge on any atom is 0.307 e. The highest BCUT2D eigenvalue weighted by atomic mass is 35.5. The Balaban J connectivity index is 1.64. The summed E-state index contributed by atoms with van der Waals surface area (Å²) < 4.78 is 5.84. The van der Waals surface area contributed by atoms with E-state index >= 15 is 0 Å². The van der Waals surface area contributed by atoms with Crippen LogP contribution in [0, 0.1) is 0 Å². The molecule has 3 aromatic carbocycles. The summed E-state index contributed by atoms with van der Waals surface area (Å²) in [4.78, 5) is 11.4. The summed E-state index contributed by atoms with van der Waals surface area (Å²) in [6.07, 6.45) is 2.02. The number of benzene rings is 3. The van der Waals surface area contributed by atoms with Gasteiger partial charge in [0.25, 0.3) is 0 Å². The largest absolute Gasteiger partial charge is 0.481 e. The maximum absolute atomic E-state index is 11.4. The molecule has 0 saturated carbocycles. The molecular formula is C25H18Cl2O3. The number of hydrogen-bond acceptors (Lipinski definition) is 2. The molecule has 0 aliphatic heterocycles. The van der Waals surface area contributed by atoms with Gasteiger partial charge in [-0.1, -0.05) is 41.4 Å². The van der Waals surface area contributed by atoms with Crippen LogP contribution >= 0.6 is 23.2 Å². The second kappa shape index (κ2) is 8.39. The first-order valence-corrected chi connectivity index (χ1v) is 10.1. The number of aliphatic carboxylic acids is 1. The topological polar surface area (TPSA) is 46.5 Å². The second-order valence-corrected chi connectivity index (χ2v) is 7.92. The second-order valence-electron chi connectivity index (χ2n) is 7.05. The van der Waals surface area contributed by atoms with Gasteiger partial charge in [-0.15, -0.1) is 0 Å². The molecule has 1 aliphatic carbocycles. The summed E-state index contributed by atoms with van der Waals surface area (Å²) in [5.74, 6) is 0.571. The van der Waals surface area contributed by atoms with Crippen molar-refractivity contribution in [3.63, 3.8) is 0 Å². The Hall–Kier alpha value is -3.01. The summed E-state index contributed by atoms with van der Waals surface area (Å²) in [6.45, 7) is 1.95. The van der Waals surface area contributed by atoms with Crippen molar-refractivity contribution in [2.24, 2.45) is 0 Å². The van der Waals surface area contributed by atoms with E-state index in [1.807, 2.05) is 61.5 Å². The van der Waals surface area contributed by atoms with Gasteiger partial charge in [-0.05, 0) is 94.9 Å². The van der Waals surface area contributed by atoms with Gasteiger partial charge in [0.2, 0.25) is 0 Å². The van der Waals surface area contributed by atoms with E-state index in [4.69, 9.17) is 27.9 Å². The molecule has 0 radical (unpaired) electrons. The first-order valence-electron chi connectivity index (χ1n) is 9.38. The van der Waals surface area contributed by atoms with Crippen LogP contribution in [0.1, 0.15) is 30.0 Å². The molecular weight excluding hydrogens is 419 g/mol. The average Bonchev–Trinajstić information content (AvgIpc) is 2.96. The normalized spacial score (nSPS) is 14.2. The van der Waals surface area contributed by atoms with Crippen LogP contribution < -0.4 is 4.74 Å². The third-order valence-corrected chi connectivity index (χ3v) is 5.51. The zero-order valence-electron chi connectivity index (χ0n) is 16.2. The predicted octanol–water partition coefficient (Wildman–Crippen LogP) is 7.59. The molecule has 0 heterocycles. The van der Waals surface area contributed by atoms with E-state index in [0.29, 0.717) is 15.8 Å². The van der Waals surface area contributed by atoms with Crippen molar-refractivity contribution in [2.75, 3.05) is 0 Å². The number of hydrogen-bond donors (Lipinski definition) is 1. The fraction of sp³-hybridized carbons (Fsp3) is 0.0800. The minimum absolute atomic E-state index is 0.0373. The monoisotopic (exact) mass is 436 g/mol. The lowest BCUT2D eigenvalue weighted by Gasteiger charge is -2.07. The molecule has 1 aliphatic rings. The van der Waals surface area contributed by atoms with Crippen molar-refractivity contribution in [3.05, 3.63) is 99.0 Å². The van der Waals surface area contributed by atoms with Gasteiger partial charge in [0.05, 0.1) is 6.42 Å². The Morgan fingerprint density at radius 2 is 1.50 bits per heavy atom. The fourth-order valence-electron chi connectivity index (χ4n) is 3.57. The molecule has 0 bridgehead atoms.